The molecule has 4 rings (SSSR count). The number of carbonyl (C=O) groups is 2. The normalized spacial score (nSPS) is 14.5. The van der Waals surface area contributed by atoms with Gasteiger partial charge in [0.15, 0.2) is 23.9 Å². The molecule has 1 saturated carbocycles. The molecule has 16 heteroatoms. The lowest BCUT2D eigenvalue weighted by molar-refractivity contribution is -0.605. The molecule has 0 aliphatic heterocycles. The third-order valence-corrected chi connectivity index (χ3v) is 10.1. The predicted octanol–water partition coefficient (Wildman–Crippen LogP) is 5.26. The van der Waals surface area contributed by atoms with Crippen molar-refractivity contribution in [2.75, 3.05) is 27.7 Å². The fourth-order valence-electron chi connectivity index (χ4n) is 4.47. The van der Waals surface area contributed by atoms with E-state index in [1.807, 2.05) is 0 Å². The topological polar surface area (TPSA) is 129 Å². The van der Waals surface area contributed by atoms with Crippen LogP contribution in [0.5, 0.6) is 11.5 Å². The van der Waals surface area contributed by atoms with E-state index < -0.39 is 40.7 Å². The molecule has 1 amide bonds. The van der Waals surface area contributed by atoms with Crippen molar-refractivity contribution in [1.82, 2.24) is 9.21 Å². The van der Waals surface area contributed by atoms with Crippen LogP contribution in [0.25, 0.3) is 0 Å². The first kappa shape index (κ1) is 36.1. The first-order chi connectivity index (χ1) is 22.1. The number of nitrogens with zero attached hydrogens (tertiary/aromatic N) is 3. The molecule has 1 aliphatic carbocycles. The minimum atomic E-state index is -4.30. The summed E-state index contributed by atoms with van der Waals surface area (Å²) in [6.45, 7) is -1.55. The molecule has 1 aromatic heterocycles. The third kappa shape index (κ3) is 9.01. The Labute approximate surface area is 281 Å². The number of hydrogen-bond donors (Lipinski definition) is 0. The molecular weight excluding hydrogens is 683 g/mol. The molecule has 0 bridgehead atoms. The number of alkyl halides is 2. The summed E-state index contributed by atoms with van der Waals surface area (Å²) in [7, 11) is -0.0566. The fraction of sp³-hybridized carbons (Fsp3) is 0.387. The molecule has 3 aromatic rings. The maximum atomic E-state index is 13.6. The van der Waals surface area contributed by atoms with E-state index in [1.165, 1.54) is 75.4 Å². The van der Waals surface area contributed by atoms with Crippen molar-refractivity contribution in [3.8, 4) is 11.5 Å². The zero-order valence-corrected chi connectivity index (χ0v) is 28.2. The van der Waals surface area contributed by atoms with Gasteiger partial charge in [0.1, 0.15) is 22.2 Å². The van der Waals surface area contributed by atoms with Gasteiger partial charge in [0.25, 0.3) is 5.91 Å². The average Bonchev–Trinajstić information content (AvgIpc) is 3.85. The summed E-state index contributed by atoms with van der Waals surface area (Å²) in [6, 6.07) is 8.03. The van der Waals surface area contributed by atoms with Gasteiger partial charge in [0.2, 0.25) is 10.0 Å². The van der Waals surface area contributed by atoms with Crippen LogP contribution < -0.4 is 14.2 Å². The molecule has 0 N–H and O–H groups in total. The Hall–Kier alpha value is -3.72. The molecule has 0 unspecified atom stereocenters. The van der Waals surface area contributed by atoms with Crippen LogP contribution in [-0.2, 0) is 26.0 Å². The molecule has 0 saturated heterocycles. The summed E-state index contributed by atoms with van der Waals surface area (Å²) in [6.07, 6.45) is 2.59. The SMILES string of the molecule is C[C@H](C(=O)O[C@@H](Cc1c(Cl)c[n+]([O-])cc1Cl)c1ccc(OC(F)F)c(OCC2CC2)c1)N(C)S(=O)(=O)c1cccc(C(=O)N(C)C)c1. The summed E-state index contributed by atoms with van der Waals surface area (Å²) in [5.74, 6) is -1.36. The monoisotopic (exact) mass is 715 g/mol. The van der Waals surface area contributed by atoms with E-state index in [1.54, 1.807) is 0 Å². The highest BCUT2D eigenvalue weighted by Crippen LogP contribution is 2.38. The quantitative estimate of drug-likeness (QED) is 0.126. The highest BCUT2D eigenvalue weighted by molar-refractivity contribution is 7.89. The number of halogens is 4. The second-order valence-electron chi connectivity index (χ2n) is 11.2. The van der Waals surface area contributed by atoms with E-state index >= 15 is 0 Å². The minimum Gasteiger partial charge on any atom is -0.619 e. The molecule has 254 valence electrons. The van der Waals surface area contributed by atoms with Gasteiger partial charge in [-0.25, -0.2) is 8.42 Å². The largest absolute Gasteiger partial charge is 0.619 e. The molecule has 1 fully saturated rings. The Bertz CT molecular complexity index is 1720. The van der Waals surface area contributed by atoms with E-state index in [0.717, 1.165) is 29.5 Å². The lowest BCUT2D eigenvalue weighted by Gasteiger charge is -2.27. The first-order valence-electron chi connectivity index (χ1n) is 14.4. The van der Waals surface area contributed by atoms with Crippen molar-refractivity contribution < 1.29 is 45.7 Å². The molecule has 2 atom stereocenters. The minimum absolute atomic E-state index is 0.0155. The van der Waals surface area contributed by atoms with Crippen molar-refractivity contribution in [2.24, 2.45) is 5.92 Å². The number of sulfonamides is 1. The number of amides is 1. The van der Waals surface area contributed by atoms with Crippen LogP contribution >= 0.6 is 23.2 Å². The van der Waals surface area contributed by atoms with Gasteiger partial charge >= 0.3 is 12.6 Å². The van der Waals surface area contributed by atoms with Crippen LogP contribution in [0.3, 0.4) is 0 Å². The molecule has 1 aliphatic rings. The Kier molecular flexibility index (Phi) is 11.5. The Morgan fingerprint density at radius 3 is 2.30 bits per heavy atom. The van der Waals surface area contributed by atoms with Crippen LogP contribution in [0.2, 0.25) is 10.0 Å². The summed E-state index contributed by atoms with van der Waals surface area (Å²) < 4.78 is 70.8. The van der Waals surface area contributed by atoms with Crippen LogP contribution in [0, 0.1) is 11.1 Å². The number of rotatable bonds is 14. The number of pyridine rings is 1. The summed E-state index contributed by atoms with van der Waals surface area (Å²) in [5.41, 5.74) is 0.640. The molecule has 11 nitrogen and oxygen atoms in total. The Morgan fingerprint density at radius 2 is 1.70 bits per heavy atom. The number of likely N-dealkylation sites (N-methyl/N-ethyl adjacent to an activating group) is 1. The van der Waals surface area contributed by atoms with Gasteiger partial charge in [-0.1, -0.05) is 35.3 Å². The average molecular weight is 717 g/mol. The van der Waals surface area contributed by atoms with E-state index in [4.69, 9.17) is 32.7 Å². The van der Waals surface area contributed by atoms with E-state index in [2.05, 4.69) is 4.74 Å². The molecule has 47 heavy (non-hydrogen) atoms. The first-order valence-corrected chi connectivity index (χ1v) is 16.6. The van der Waals surface area contributed by atoms with Crippen molar-refractivity contribution in [1.29, 1.82) is 0 Å². The van der Waals surface area contributed by atoms with Crippen molar-refractivity contribution in [3.05, 3.63) is 86.8 Å². The lowest BCUT2D eigenvalue weighted by Crippen LogP contribution is -2.41. The molecule has 0 spiro atoms. The van der Waals surface area contributed by atoms with Gasteiger partial charge in [0, 0.05) is 38.7 Å². The van der Waals surface area contributed by atoms with Gasteiger partial charge in [-0.15, -0.1) is 0 Å². The highest BCUT2D eigenvalue weighted by Gasteiger charge is 2.34. The molecule has 0 radical (unpaired) electrons. The summed E-state index contributed by atoms with van der Waals surface area (Å²) in [4.78, 5) is 27.1. The summed E-state index contributed by atoms with van der Waals surface area (Å²) in [5, 5.41) is 11.8. The van der Waals surface area contributed by atoms with Crippen molar-refractivity contribution >= 4 is 45.1 Å². The highest BCUT2D eigenvalue weighted by atomic mass is 35.5. The number of ether oxygens (including phenoxy) is 3. The Morgan fingerprint density at radius 1 is 1.04 bits per heavy atom. The summed E-state index contributed by atoms with van der Waals surface area (Å²) >= 11 is 12.6. The van der Waals surface area contributed by atoms with Crippen LogP contribution in [0.1, 0.15) is 47.4 Å². The zero-order chi connectivity index (χ0) is 34.6. The fourth-order valence-corrected chi connectivity index (χ4v) is 6.43. The maximum absolute atomic E-state index is 13.6. The van der Waals surface area contributed by atoms with Gasteiger partial charge in [-0.2, -0.15) is 17.8 Å². The smallest absolute Gasteiger partial charge is 0.387 e. The van der Waals surface area contributed by atoms with Crippen molar-refractivity contribution in [3.63, 3.8) is 0 Å². The van der Waals surface area contributed by atoms with Crippen molar-refractivity contribution in [2.45, 2.75) is 49.8 Å². The zero-order valence-electron chi connectivity index (χ0n) is 25.9. The van der Waals surface area contributed by atoms with Gasteiger partial charge in [-0.3, -0.25) is 9.59 Å². The van der Waals surface area contributed by atoms with E-state index in [0.29, 0.717) is 4.73 Å². The van der Waals surface area contributed by atoms with E-state index in [-0.39, 0.29) is 62.1 Å². The maximum Gasteiger partial charge on any atom is 0.387 e. The number of benzene rings is 2. The predicted molar refractivity (Wildman–Crippen MR) is 168 cm³/mol. The van der Waals surface area contributed by atoms with Gasteiger partial charge in [-0.05, 0) is 61.6 Å². The van der Waals surface area contributed by atoms with Crippen LogP contribution in [-0.4, -0.2) is 69.9 Å². The number of aromatic nitrogens is 1. The van der Waals surface area contributed by atoms with Crippen LogP contribution in [0.4, 0.5) is 8.78 Å². The van der Waals surface area contributed by atoms with Gasteiger partial charge < -0.3 is 24.3 Å². The standard InChI is InChI=1S/C31H33Cl2F2N3O8S/c1-18(37(4)47(42,43)22-7-5-6-21(12-22)29(39)36(2)3)30(40)45-27(14-23-24(32)15-38(41)16-25(23)33)20-10-11-26(46-31(34)35)28(13-20)44-17-19-8-9-19/h5-7,10-13,15-16,18-19,27,31H,8-9,14,17H2,1-4H3/t18-,27+/m1/s1. The number of hydrogen-bond acceptors (Lipinski definition) is 8. The molecule has 1 heterocycles. The number of esters is 1. The third-order valence-electron chi connectivity index (χ3n) is 7.48. The van der Waals surface area contributed by atoms with Gasteiger partial charge in [0.05, 0.1) is 11.5 Å². The second-order valence-corrected chi connectivity index (χ2v) is 14.0. The molecule has 2 aromatic carbocycles. The van der Waals surface area contributed by atoms with Crippen LogP contribution in [0.15, 0.2) is 59.8 Å². The lowest BCUT2D eigenvalue weighted by atomic mass is 10.0. The number of carbonyl (C=O) groups excluding carboxylic acids is 2. The second kappa shape index (κ2) is 15.0. The van der Waals surface area contributed by atoms with E-state index in [9.17, 15) is 32.0 Å². The Balaban J connectivity index is 1.66. The molecular formula is C31H33Cl2F2N3O8S.